The van der Waals surface area contributed by atoms with Crippen LogP contribution in [0.25, 0.3) is 0 Å². The number of unbranched alkanes of at least 4 members (excludes halogenated alkanes) is 2. The highest BCUT2D eigenvalue weighted by atomic mass is 14.9. The van der Waals surface area contributed by atoms with Gasteiger partial charge in [-0.1, -0.05) is 38.3 Å². The van der Waals surface area contributed by atoms with Crippen LogP contribution in [0.1, 0.15) is 52.9 Å². The van der Waals surface area contributed by atoms with Gasteiger partial charge in [0.05, 0.1) is 0 Å². The normalized spacial score (nSPS) is 14.6. The lowest BCUT2D eigenvalue weighted by Crippen LogP contribution is -2.24. The Balaban J connectivity index is 3.69. The van der Waals surface area contributed by atoms with E-state index >= 15 is 0 Å². The topological polar surface area (TPSA) is 12.0 Å². The van der Waals surface area contributed by atoms with Gasteiger partial charge < -0.3 is 5.32 Å². The maximum Gasteiger partial charge on any atom is 0.00984 e. The van der Waals surface area contributed by atoms with Crippen LogP contribution in [0.2, 0.25) is 0 Å². The van der Waals surface area contributed by atoms with Crippen molar-refractivity contribution in [2.24, 2.45) is 0 Å². The van der Waals surface area contributed by atoms with Gasteiger partial charge in [0.15, 0.2) is 0 Å². The van der Waals surface area contributed by atoms with E-state index in [0.29, 0.717) is 6.04 Å². The molecule has 0 radical (unpaired) electrons. The van der Waals surface area contributed by atoms with Crippen molar-refractivity contribution in [1.29, 1.82) is 0 Å². The zero-order chi connectivity index (χ0) is 10.1. The minimum Gasteiger partial charge on any atom is -0.317 e. The quantitative estimate of drug-likeness (QED) is 0.470. The molecule has 0 aliphatic rings. The van der Waals surface area contributed by atoms with Gasteiger partial charge in [0, 0.05) is 6.04 Å². The summed E-state index contributed by atoms with van der Waals surface area (Å²) < 4.78 is 0. The van der Waals surface area contributed by atoms with Crippen LogP contribution in [0.15, 0.2) is 11.6 Å². The zero-order valence-corrected chi connectivity index (χ0v) is 9.69. The number of rotatable bonds is 7. The molecule has 0 saturated heterocycles. The van der Waals surface area contributed by atoms with Crippen LogP contribution in [-0.4, -0.2) is 13.1 Å². The molecule has 0 amide bonds. The molecule has 0 fully saturated rings. The van der Waals surface area contributed by atoms with Gasteiger partial charge in [-0.15, -0.1) is 0 Å². The van der Waals surface area contributed by atoms with Crippen molar-refractivity contribution < 1.29 is 0 Å². The van der Waals surface area contributed by atoms with Crippen LogP contribution in [0, 0.1) is 0 Å². The molecule has 0 heterocycles. The molecule has 13 heavy (non-hydrogen) atoms. The molecule has 0 saturated carbocycles. The second-order valence-electron chi connectivity index (χ2n) is 3.79. The maximum atomic E-state index is 3.33. The Hall–Kier alpha value is -0.300. The fourth-order valence-electron chi connectivity index (χ4n) is 1.48. The van der Waals surface area contributed by atoms with E-state index in [0.717, 1.165) is 0 Å². The third-order valence-electron chi connectivity index (χ3n) is 2.52. The highest BCUT2D eigenvalue weighted by Gasteiger charge is 2.02. The zero-order valence-electron chi connectivity index (χ0n) is 9.69. The van der Waals surface area contributed by atoms with Gasteiger partial charge in [0.25, 0.3) is 0 Å². The molecule has 1 heteroatoms. The van der Waals surface area contributed by atoms with E-state index in [2.05, 4.69) is 32.2 Å². The van der Waals surface area contributed by atoms with Gasteiger partial charge in [-0.2, -0.15) is 0 Å². The maximum absolute atomic E-state index is 3.33. The van der Waals surface area contributed by atoms with Crippen molar-refractivity contribution in [1.82, 2.24) is 5.32 Å². The van der Waals surface area contributed by atoms with Crippen molar-refractivity contribution in [2.45, 2.75) is 58.9 Å². The van der Waals surface area contributed by atoms with Crippen LogP contribution in [0.4, 0.5) is 0 Å². The summed E-state index contributed by atoms with van der Waals surface area (Å²) in [5.41, 5.74) is 1.54. The molecule has 0 aromatic carbocycles. The summed E-state index contributed by atoms with van der Waals surface area (Å²) in [7, 11) is 2.05. The summed E-state index contributed by atoms with van der Waals surface area (Å²) in [4.78, 5) is 0. The Morgan fingerprint density at radius 2 is 2.08 bits per heavy atom. The lowest BCUT2D eigenvalue weighted by Gasteiger charge is -2.13. The van der Waals surface area contributed by atoms with Crippen LogP contribution >= 0.6 is 0 Å². The number of hydrogen-bond acceptors (Lipinski definition) is 1. The Kier molecular flexibility index (Phi) is 8.11. The lowest BCUT2D eigenvalue weighted by molar-refractivity contribution is 0.540. The van der Waals surface area contributed by atoms with Crippen LogP contribution in [0.3, 0.4) is 0 Å². The van der Waals surface area contributed by atoms with E-state index in [4.69, 9.17) is 0 Å². The lowest BCUT2D eigenvalue weighted by atomic mass is 10.0. The summed E-state index contributed by atoms with van der Waals surface area (Å²) in [6.45, 7) is 6.72. The van der Waals surface area contributed by atoms with E-state index in [1.165, 1.54) is 37.7 Å². The Morgan fingerprint density at radius 3 is 2.54 bits per heavy atom. The van der Waals surface area contributed by atoms with Crippen LogP contribution in [-0.2, 0) is 0 Å². The largest absolute Gasteiger partial charge is 0.317 e. The summed E-state index contributed by atoms with van der Waals surface area (Å²) in [5, 5.41) is 3.33. The fourth-order valence-corrected chi connectivity index (χ4v) is 1.48. The van der Waals surface area contributed by atoms with Gasteiger partial charge in [0.2, 0.25) is 0 Å². The fraction of sp³-hybridized carbons (Fsp3) is 0.833. The molecule has 1 N–H and O–H groups in total. The predicted molar refractivity (Wildman–Crippen MR) is 61.0 cm³/mol. The second kappa shape index (κ2) is 8.31. The first-order valence-corrected chi connectivity index (χ1v) is 5.57. The summed E-state index contributed by atoms with van der Waals surface area (Å²) in [5.74, 6) is 0. The van der Waals surface area contributed by atoms with E-state index < -0.39 is 0 Å². The monoisotopic (exact) mass is 183 g/mol. The highest BCUT2D eigenvalue weighted by molar-refractivity contribution is 5.00. The molecular formula is C12H25N. The number of allylic oxidation sites excluding steroid dienone is 1. The van der Waals surface area contributed by atoms with Crippen molar-refractivity contribution in [3.63, 3.8) is 0 Å². The van der Waals surface area contributed by atoms with Crippen molar-refractivity contribution in [2.75, 3.05) is 7.05 Å². The van der Waals surface area contributed by atoms with Gasteiger partial charge >= 0.3 is 0 Å². The molecule has 1 nitrogen and oxygen atoms in total. The van der Waals surface area contributed by atoms with E-state index in [-0.39, 0.29) is 0 Å². The SMILES string of the molecule is CCCC/C=C(\C)CC(CC)NC. The molecule has 0 rings (SSSR count). The molecule has 0 bridgehead atoms. The standard InChI is InChI=1S/C12H25N/c1-5-7-8-9-11(3)10-12(6-2)13-4/h9,12-13H,5-8,10H2,1-4H3/b11-9+. The highest BCUT2D eigenvalue weighted by Crippen LogP contribution is 2.09. The first kappa shape index (κ1) is 12.7. The van der Waals surface area contributed by atoms with E-state index in [1.54, 1.807) is 0 Å². The third-order valence-corrected chi connectivity index (χ3v) is 2.52. The Labute approximate surface area is 83.6 Å². The molecular weight excluding hydrogens is 158 g/mol. The molecule has 0 aromatic rings. The summed E-state index contributed by atoms with van der Waals surface area (Å²) >= 11 is 0. The van der Waals surface area contributed by atoms with Gasteiger partial charge in [0.1, 0.15) is 0 Å². The Bertz CT molecular complexity index is 134. The van der Waals surface area contributed by atoms with Gasteiger partial charge in [-0.05, 0) is 33.2 Å². The Morgan fingerprint density at radius 1 is 1.38 bits per heavy atom. The first-order chi connectivity index (χ1) is 6.24. The van der Waals surface area contributed by atoms with Crippen molar-refractivity contribution >= 4 is 0 Å². The minimum atomic E-state index is 0.665. The number of hydrogen-bond donors (Lipinski definition) is 1. The predicted octanol–water partition coefficient (Wildman–Crippen LogP) is 3.51. The second-order valence-corrected chi connectivity index (χ2v) is 3.79. The molecule has 1 atom stereocenters. The molecule has 0 aromatic heterocycles. The third kappa shape index (κ3) is 6.83. The smallest absolute Gasteiger partial charge is 0.00984 e. The molecule has 1 unspecified atom stereocenters. The van der Waals surface area contributed by atoms with Gasteiger partial charge in [-0.3, -0.25) is 0 Å². The minimum absolute atomic E-state index is 0.665. The number of nitrogens with one attached hydrogen (secondary N) is 1. The summed E-state index contributed by atoms with van der Waals surface area (Å²) in [6, 6.07) is 0.665. The van der Waals surface area contributed by atoms with Crippen molar-refractivity contribution in [3.8, 4) is 0 Å². The van der Waals surface area contributed by atoms with E-state index in [1.807, 2.05) is 7.05 Å². The molecule has 0 spiro atoms. The molecule has 0 aliphatic heterocycles. The van der Waals surface area contributed by atoms with Gasteiger partial charge in [-0.25, -0.2) is 0 Å². The van der Waals surface area contributed by atoms with E-state index in [9.17, 15) is 0 Å². The van der Waals surface area contributed by atoms with Crippen LogP contribution in [0.5, 0.6) is 0 Å². The van der Waals surface area contributed by atoms with Crippen LogP contribution < -0.4 is 5.32 Å². The summed E-state index contributed by atoms with van der Waals surface area (Å²) in [6.07, 6.45) is 8.69. The van der Waals surface area contributed by atoms with Crippen molar-refractivity contribution in [3.05, 3.63) is 11.6 Å². The molecule has 78 valence electrons. The molecule has 0 aliphatic carbocycles. The average molecular weight is 183 g/mol. The average Bonchev–Trinajstić information content (AvgIpc) is 2.14. The first-order valence-electron chi connectivity index (χ1n) is 5.57.